The summed E-state index contributed by atoms with van der Waals surface area (Å²) in [4.78, 5) is 23.6. The minimum absolute atomic E-state index is 0.0587. The number of carboxylic acid groups (broad SMARTS) is 1. The Labute approximate surface area is 98.6 Å². The first-order valence-electron chi connectivity index (χ1n) is 4.87. The molecule has 0 saturated carbocycles. The van der Waals surface area contributed by atoms with Crippen LogP contribution >= 0.6 is 0 Å². The van der Waals surface area contributed by atoms with Gasteiger partial charge >= 0.3 is 5.97 Å². The summed E-state index contributed by atoms with van der Waals surface area (Å²) in [5.41, 5.74) is 5.74. The van der Waals surface area contributed by atoms with Crippen molar-refractivity contribution in [2.24, 2.45) is 0 Å². The van der Waals surface area contributed by atoms with Gasteiger partial charge in [0.1, 0.15) is 11.3 Å². The molecule has 1 amide bonds. The fourth-order valence-corrected chi connectivity index (χ4v) is 1.11. The van der Waals surface area contributed by atoms with Gasteiger partial charge in [-0.05, 0) is 18.2 Å². The number of hydrogen-bond acceptors (Lipinski definition) is 4. The molecule has 3 N–H and O–H groups in total. The predicted octanol–water partition coefficient (Wildman–Crippen LogP) is 0.434. The molecule has 0 saturated heterocycles. The molecule has 1 aromatic rings. The maximum absolute atomic E-state index is 11.3. The van der Waals surface area contributed by atoms with Gasteiger partial charge in [0.25, 0.3) is 5.91 Å². The molecule has 0 aliphatic heterocycles. The van der Waals surface area contributed by atoms with E-state index in [0.29, 0.717) is 5.69 Å². The monoisotopic (exact) mass is 238 g/mol. The molecule has 0 aliphatic carbocycles. The first-order valence-corrected chi connectivity index (χ1v) is 4.87. The standard InChI is InChI=1S/C11H14N2O4/c1-13(2)10(14)6-17-9-4-3-7(12)5-8(9)11(15)16/h3-5H,6,12H2,1-2H3,(H,15,16). The Kier molecular flexibility index (Phi) is 3.92. The second-order valence-electron chi connectivity index (χ2n) is 3.64. The maximum Gasteiger partial charge on any atom is 0.339 e. The summed E-state index contributed by atoms with van der Waals surface area (Å²) in [5.74, 6) is -1.27. The molecule has 0 bridgehead atoms. The Morgan fingerprint density at radius 3 is 2.59 bits per heavy atom. The highest BCUT2D eigenvalue weighted by Crippen LogP contribution is 2.21. The number of likely N-dealkylation sites (N-methyl/N-ethyl adjacent to an activating group) is 1. The van der Waals surface area contributed by atoms with E-state index < -0.39 is 5.97 Å². The van der Waals surface area contributed by atoms with Gasteiger partial charge in [-0.3, -0.25) is 4.79 Å². The summed E-state index contributed by atoms with van der Waals surface area (Å²) < 4.78 is 5.15. The summed E-state index contributed by atoms with van der Waals surface area (Å²) in [6.07, 6.45) is 0. The first-order chi connectivity index (χ1) is 7.91. The lowest BCUT2D eigenvalue weighted by molar-refractivity contribution is -0.130. The van der Waals surface area contributed by atoms with Crippen molar-refractivity contribution in [1.82, 2.24) is 4.90 Å². The smallest absolute Gasteiger partial charge is 0.339 e. The highest BCUT2D eigenvalue weighted by molar-refractivity contribution is 5.92. The van der Waals surface area contributed by atoms with Crippen molar-refractivity contribution in [3.05, 3.63) is 23.8 Å². The van der Waals surface area contributed by atoms with Crippen LogP contribution in [0.2, 0.25) is 0 Å². The van der Waals surface area contributed by atoms with E-state index in [0.717, 1.165) is 0 Å². The molecule has 0 fully saturated rings. The van der Waals surface area contributed by atoms with Crippen molar-refractivity contribution < 1.29 is 19.4 Å². The predicted molar refractivity (Wildman–Crippen MR) is 62.0 cm³/mol. The number of rotatable bonds is 4. The van der Waals surface area contributed by atoms with Crippen LogP contribution in [0, 0.1) is 0 Å². The Bertz CT molecular complexity index is 443. The van der Waals surface area contributed by atoms with Gasteiger partial charge in [-0.1, -0.05) is 0 Å². The van der Waals surface area contributed by atoms with Crippen molar-refractivity contribution in [2.45, 2.75) is 0 Å². The largest absolute Gasteiger partial charge is 0.483 e. The minimum atomic E-state index is -1.15. The number of hydrogen-bond donors (Lipinski definition) is 2. The van der Waals surface area contributed by atoms with Gasteiger partial charge in [-0.25, -0.2) is 4.79 Å². The lowest BCUT2D eigenvalue weighted by Crippen LogP contribution is -2.27. The quantitative estimate of drug-likeness (QED) is 0.742. The third-order valence-electron chi connectivity index (χ3n) is 2.08. The summed E-state index contributed by atoms with van der Waals surface area (Å²) >= 11 is 0. The lowest BCUT2D eigenvalue weighted by Gasteiger charge is -2.12. The van der Waals surface area contributed by atoms with Crippen LogP contribution in [0.15, 0.2) is 18.2 Å². The number of carbonyl (C=O) groups is 2. The lowest BCUT2D eigenvalue weighted by atomic mass is 10.2. The molecule has 1 rings (SSSR count). The highest BCUT2D eigenvalue weighted by atomic mass is 16.5. The zero-order valence-electron chi connectivity index (χ0n) is 9.64. The number of carboxylic acids is 1. The van der Waals surface area contributed by atoms with Gasteiger partial charge < -0.3 is 20.5 Å². The summed E-state index contributed by atoms with van der Waals surface area (Å²) in [6.45, 7) is -0.211. The molecule has 0 aliphatic rings. The average Bonchev–Trinajstić information content (AvgIpc) is 2.26. The van der Waals surface area contributed by atoms with E-state index in [4.69, 9.17) is 15.6 Å². The molecule has 0 unspecified atom stereocenters. The van der Waals surface area contributed by atoms with Crippen molar-refractivity contribution in [3.8, 4) is 5.75 Å². The van der Waals surface area contributed by atoms with E-state index in [9.17, 15) is 9.59 Å². The van der Waals surface area contributed by atoms with Crippen molar-refractivity contribution >= 4 is 17.6 Å². The molecule has 0 atom stereocenters. The Morgan fingerprint density at radius 1 is 1.41 bits per heavy atom. The first kappa shape index (κ1) is 12.8. The number of amides is 1. The van der Waals surface area contributed by atoms with Gasteiger partial charge in [0.2, 0.25) is 0 Å². The maximum atomic E-state index is 11.3. The SMILES string of the molecule is CN(C)C(=O)COc1ccc(N)cc1C(=O)O. The molecule has 0 radical (unpaired) electrons. The Morgan fingerprint density at radius 2 is 2.06 bits per heavy atom. The second kappa shape index (κ2) is 5.20. The van der Waals surface area contributed by atoms with Crippen LogP contribution in [0.1, 0.15) is 10.4 Å². The highest BCUT2D eigenvalue weighted by Gasteiger charge is 2.13. The van der Waals surface area contributed by atoms with Crippen molar-refractivity contribution in [1.29, 1.82) is 0 Å². The van der Waals surface area contributed by atoms with Gasteiger partial charge in [-0.2, -0.15) is 0 Å². The molecule has 0 aromatic heterocycles. The third-order valence-corrected chi connectivity index (χ3v) is 2.08. The van der Waals surface area contributed by atoms with Gasteiger partial charge in [0.15, 0.2) is 6.61 Å². The number of nitrogens with zero attached hydrogens (tertiary/aromatic N) is 1. The number of nitrogens with two attached hydrogens (primary N) is 1. The van der Waals surface area contributed by atoms with Gasteiger partial charge in [0.05, 0.1) is 0 Å². The molecular weight excluding hydrogens is 224 g/mol. The van der Waals surface area contributed by atoms with Crippen molar-refractivity contribution in [3.63, 3.8) is 0 Å². The summed E-state index contributed by atoms with van der Waals surface area (Å²) in [6, 6.07) is 4.24. The molecule has 6 heteroatoms. The van der Waals surface area contributed by atoms with Gasteiger partial charge in [-0.15, -0.1) is 0 Å². The summed E-state index contributed by atoms with van der Waals surface area (Å²) in [7, 11) is 3.18. The van der Waals surface area contributed by atoms with E-state index in [1.807, 2.05) is 0 Å². The fourth-order valence-electron chi connectivity index (χ4n) is 1.11. The topological polar surface area (TPSA) is 92.9 Å². The second-order valence-corrected chi connectivity index (χ2v) is 3.64. The van der Waals surface area contributed by atoms with Crippen LogP contribution < -0.4 is 10.5 Å². The van der Waals surface area contributed by atoms with E-state index in [1.54, 1.807) is 14.1 Å². The van der Waals surface area contributed by atoms with Crippen LogP contribution in [0.4, 0.5) is 5.69 Å². The van der Waals surface area contributed by atoms with Crippen molar-refractivity contribution in [2.75, 3.05) is 26.4 Å². The van der Waals surface area contributed by atoms with Crippen LogP contribution in [0.3, 0.4) is 0 Å². The Balaban J connectivity index is 2.84. The number of benzene rings is 1. The molecule has 6 nitrogen and oxygen atoms in total. The zero-order chi connectivity index (χ0) is 13.0. The van der Waals surface area contributed by atoms with E-state index >= 15 is 0 Å². The van der Waals surface area contributed by atoms with Crippen LogP contribution in [0.25, 0.3) is 0 Å². The zero-order valence-corrected chi connectivity index (χ0v) is 9.64. The molecule has 0 spiro atoms. The van der Waals surface area contributed by atoms with Gasteiger partial charge in [0, 0.05) is 19.8 Å². The van der Waals surface area contributed by atoms with E-state index in [-0.39, 0.29) is 23.8 Å². The fraction of sp³-hybridized carbons (Fsp3) is 0.273. The number of aromatic carboxylic acids is 1. The number of nitrogen functional groups attached to an aromatic ring is 1. The number of ether oxygens (including phenoxy) is 1. The van der Waals surface area contributed by atoms with Crippen LogP contribution in [0.5, 0.6) is 5.75 Å². The molecular formula is C11H14N2O4. The Hall–Kier alpha value is -2.24. The summed E-state index contributed by atoms with van der Waals surface area (Å²) in [5, 5.41) is 8.93. The average molecular weight is 238 g/mol. The number of anilines is 1. The third kappa shape index (κ3) is 3.37. The van der Waals surface area contributed by atoms with E-state index in [2.05, 4.69) is 0 Å². The number of carbonyl (C=O) groups excluding carboxylic acids is 1. The van der Waals surface area contributed by atoms with E-state index in [1.165, 1.54) is 23.1 Å². The molecule has 1 aromatic carbocycles. The van der Waals surface area contributed by atoms with Crippen LogP contribution in [-0.4, -0.2) is 42.6 Å². The minimum Gasteiger partial charge on any atom is -0.483 e. The normalized spacial score (nSPS) is 9.76. The molecule has 0 heterocycles. The van der Waals surface area contributed by atoms with Crippen LogP contribution in [-0.2, 0) is 4.79 Å². The molecule has 92 valence electrons. The molecule has 17 heavy (non-hydrogen) atoms.